The van der Waals surface area contributed by atoms with Crippen LogP contribution in [0, 0.1) is 11.8 Å². The number of rotatable bonds is 6. The molecule has 6 heteroatoms. The molecule has 1 N–H and O–H groups in total. The van der Waals surface area contributed by atoms with E-state index in [1.54, 1.807) is 12.4 Å². The lowest BCUT2D eigenvalue weighted by molar-refractivity contribution is -0.133. The highest BCUT2D eigenvalue weighted by atomic mass is 16.2. The van der Waals surface area contributed by atoms with Gasteiger partial charge in [0.2, 0.25) is 11.8 Å². The number of pyridine rings is 1. The van der Waals surface area contributed by atoms with E-state index in [1.165, 1.54) is 0 Å². The highest BCUT2D eigenvalue weighted by Crippen LogP contribution is 2.24. The fraction of sp³-hybridized carbons (Fsp3) is 0.682. The molecule has 2 aliphatic rings. The molecule has 1 aromatic heterocycles. The van der Waals surface area contributed by atoms with Gasteiger partial charge in [0.15, 0.2) is 0 Å². The molecule has 0 aliphatic carbocycles. The average Bonchev–Trinajstić information content (AvgIpc) is 2.72. The number of hydrogen-bond acceptors (Lipinski definition) is 4. The van der Waals surface area contributed by atoms with E-state index in [0.29, 0.717) is 30.8 Å². The Morgan fingerprint density at radius 2 is 2.00 bits per heavy atom. The van der Waals surface area contributed by atoms with E-state index in [-0.39, 0.29) is 11.8 Å². The van der Waals surface area contributed by atoms with Gasteiger partial charge in [0, 0.05) is 51.0 Å². The van der Waals surface area contributed by atoms with Crippen molar-refractivity contribution in [3.05, 3.63) is 30.1 Å². The molecule has 1 aromatic rings. The first-order chi connectivity index (χ1) is 13.5. The van der Waals surface area contributed by atoms with Crippen LogP contribution < -0.4 is 5.32 Å². The van der Waals surface area contributed by atoms with Crippen molar-refractivity contribution in [2.75, 3.05) is 26.2 Å². The Bertz CT molecular complexity index is 641. The van der Waals surface area contributed by atoms with Crippen LogP contribution in [0.1, 0.15) is 51.5 Å². The van der Waals surface area contributed by atoms with E-state index < -0.39 is 0 Å². The molecule has 0 saturated carbocycles. The topological polar surface area (TPSA) is 65.5 Å². The summed E-state index contributed by atoms with van der Waals surface area (Å²) in [5, 5.41) is 3.07. The summed E-state index contributed by atoms with van der Waals surface area (Å²) in [7, 11) is 0. The Balaban J connectivity index is 1.44. The molecule has 1 atom stereocenters. The number of nitrogens with zero attached hydrogens (tertiary/aromatic N) is 3. The molecule has 3 rings (SSSR count). The van der Waals surface area contributed by atoms with Crippen LogP contribution in [-0.2, 0) is 16.1 Å². The molecule has 0 spiro atoms. The molecule has 0 radical (unpaired) electrons. The van der Waals surface area contributed by atoms with Gasteiger partial charge in [0.05, 0.1) is 5.92 Å². The third-order valence-corrected chi connectivity index (χ3v) is 5.93. The fourth-order valence-corrected chi connectivity index (χ4v) is 4.35. The van der Waals surface area contributed by atoms with E-state index in [9.17, 15) is 9.59 Å². The van der Waals surface area contributed by atoms with Crippen LogP contribution in [0.25, 0.3) is 0 Å². The van der Waals surface area contributed by atoms with E-state index in [1.807, 2.05) is 17.0 Å². The number of carbonyl (C=O) groups is 2. The Hall–Kier alpha value is -1.95. The smallest absolute Gasteiger partial charge is 0.224 e. The van der Waals surface area contributed by atoms with Gasteiger partial charge >= 0.3 is 0 Å². The van der Waals surface area contributed by atoms with E-state index in [2.05, 4.69) is 29.0 Å². The minimum absolute atomic E-state index is 0.0611. The van der Waals surface area contributed by atoms with Gasteiger partial charge in [-0.2, -0.15) is 0 Å². The SMILES string of the molecule is CC(C)CC(=O)N1CCC(N2CCCC(C(=O)NCc3cccnc3)C2)CC1. The second kappa shape index (κ2) is 10.0. The van der Waals surface area contributed by atoms with Gasteiger partial charge in [-0.3, -0.25) is 19.5 Å². The summed E-state index contributed by atoms with van der Waals surface area (Å²) in [6, 6.07) is 4.37. The molecule has 0 bridgehead atoms. The van der Waals surface area contributed by atoms with Crippen LogP contribution in [0.15, 0.2) is 24.5 Å². The van der Waals surface area contributed by atoms with Crippen molar-refractivity contribution in [1.29, 1.82) is 0 Å². The van der Waals surface area contributed by atoms with Crippen molar-refractivity contribution >= 4 is 11.8 Å². The molecule has 6 nitrogen and oxygen atoms in total. The number of amides is 2. The molecule has 28 heavy (non-hydrogen) atoms. The van der Waals surface area contributed by atoms with Crippen molar-refractivity contribution in [2.24, 2.45) is 11.8 Å². The third kappa shape index (κ3) is 5.77. The molecule has 0 aromatic carbocycles. The molecule has 2 amide bonds. The largest absolute Gasteiger partial charge is 0.352 e. The molecule has 1 unspecified atom stereocenters. The summed E-state index contributed by atoms with van der Waals surface area (Å²) in [4.78, 5) is 33.5. The van der Waals surface area contributed by atoms with Crippen LogP contribution in [0.2, 0.25) is 0 Å². The lowest BCUT2D eigenvalue weighted by atomic mass is 9.93. The summed E-state index contributed by atoms with van der Waals surface area (Å²) in [6.07, 6.45) is 8.25. The Morgan fingerprint density at radius 1 is 1.21 bits per heavy atom. The van der Waals surface area contributed by atoms with Gasteiger partial charge in [-0.1, -0.05) is 19.9 Å². The second-order valence-electron chi connectivity index (χ2n) is 8.62. The van der Waals surface area contributed by atoms with E-state index in [4.69, 9.17) is 0 Å². The van der Waals surface area contributed by atoms with Crippen molar-refractivity contribution in [2.45, 2.75) is 58.5 Å². The highest BCUT2D eigenvalue weighted by molar-refractivity contribution is 5.79. The Morgan fingerprint density at radius 3 is 2.68 bits per heavy atom. The van der Waals surface area contributed by atoms with Crippen molar-refractivity contribution in [1.82, 2.24) is 20.1 Å². The van der Waals surface area contributed by atoms with Crippen LogP contribution in [0.5, 0.6) is 0 Å². The number of piperidine rings is 2. The summed E-state index contributed by atoms with van der Waals surface area (Å²) in [5.41, 5.74) is 1.03. The van der Waals surface area contributed by atoms with Crippen molar-refractivity contribution in [3.63, 3.8) is 0 Å². The quantitative estimate of drug-likeness (QED) is 0.816. The van der Waals surface area contributed by atoms with Gasteiger partial charge in [-0.05, 0) is 49.8 Å². The minimum Gasteiger partial charge on any atom is -0.352 e. The minimum atomic E-state index is 0.0611. The second-order valence-corrected chi connectivity index (χ2v) is 8.62. The standard InChI is InChI=1S/C22H34N4O2/c1-17(2)13-21(27)25-11-7-20(8-12-25)26-10-4-6-19(16-26)22(28)24-15-18-5-3-9-23-14-18/h3,5,9,14,17,19-20H,4,6-8,10-13,15-16H2,1-2H3,(H,24,28). The van der Waals surface area contributed by atoms with Crippen molar-refractivity contribution in [3.8, 4) is 0 Å². The van der Waals surface area contributed by atoms with E-state index in [0.717, 1.165) is 57.4 Å². The summed E-state index contributed by atoms with van der Waals surface area (Å²) in [5.74, 6) is 0.919. The van der Waals surface area contributed by atoms with Crippen LogP contribution in [0.4, 0.5) is 0 Å². The van der Waals surface area contributed by atoms with Gasteiger partial charge in [-0.25, -0.2) is 0 Å². The lowest BCUT2D eigenvalue weighted by Gasteiger charge is -2.42. The normalized spacial score (nSPS) is 21.7. The molecule has 154 valence electrons. The predicted octanol–water partition coefficient (Wildman–Crippen LogP) is 2.45. The zero-order valence-electron chi connectivity index (χ0n) is 17.3. The third-order valence-electron chi connectivity index (χ3n) is 5.93. The maximum absolute atomic E-state index is 12.6. The number of aromatic nitrogens is 1. The van der Waals surface area contributed by atoms with Crippen LogP contribution in [0.3, 0.4) is 0 Å². The predicted molar refractivity (Wildman–Crippen MR) is 109 cm³/mol. The van der Waals surface area contributed by atoms with Crippen LogP contribution >= 0.6 is 0 Å². The molecular formula is C22H34N4O2. The molecule has 2 aliphatic heterocycles. The van der Waals surface area contributed by atoms with Crippen molar-refractivity contribution < 1.29 is 9.59 Å². The van der Waals surface area contributed by atoms with Crippen LogP contribution in [-0.4, -0.2) is 58.8 Å². The fourth-order valence-electron chi connectivity index (χ4n) is 4.35. The van der Waals surface area contributed by atoms with Gasteiger partial charge < -0.3 is 10.2 Å². The summed E-state index contributed by atoms with van der Waals surface area (Å²) >= 11 is 0. The first-order valence-electron chi connectivity index (χ1n) is 10.7. The summed E-state index contributed by atoms with van der Waals surface area (Å²) in [6.45, 7) is 8.34. The molecule has 3 heterocycles. The maximum atomic E-state index is 12.6. The summed E-state index contributed by atoms with van der Waals surface area (Å²) < 4.78 is 0. The number of carbonyl (C=O) groups excluding carboxylic acids is 2. The molecular weight excluding hydrogens is 352 g/mol. The van der Waals surface area contributed by atoms with Gasteiger partial charge in [0.25, 0.3) is 0 Å². The zero-order chi connectivity index (χ0) is 19.9. The number of likely N-dealkylation sites (tertiary alicyclic amines) is 2. The Labute approximate surface area is 168 Å². The first-order valence-corrected chi connectivity index (χ1v) is 10.7. The highest BCUT2D eigenvalue weighted by Gasteiger charge is 2.32. The number of hydrogen-bond donors (Lipinski definition) is 1. The van der Waals surface area contributed by atoms with E-state index >= 15 is 0 Å². The Kier molecular flexibility index (Phi) is 7.43. The maximum Gasteiger partial charge on any atom is 0.224 e. The number of nitrogens with one attached hydrogen (secondary N) is 1. The average molecular weight is 387 g/mol. The molecule has 2 fully saturated rings. The molecule has 2 saturated heterocycles. The first kappa shape index (κ1) is 20.8. The monoisotopic (exact) mass is 386 g/mol. The van der Waals surface area contributed by atoms with Gasteiger partial charge in [-0.15, -0.1) is 0 Å². The lowest BCUT2D eigenvalue weighted by Crippen LogP contribution is -2.51. The zero-order valence-corrected chi connectivity index (χ0v) is 17.3. The van der Waals surface area contributed by atoms with Gasteiger partial charge in [0.1, 0.15) is 0 Å².